The molecule has 1 aromatic heterocycles. The summed E-state index contributed by atoms with van der Waals surface area (Å²) in [5.41, 5.74) is -1.24. The number of carboxylic acids is 1. The molecule has 1 heterocycles. The first-order valence-electron chi connectivity index (χ1n) is 8.96. The van der Waals surface area contributed by atoms with Crippen molar-refractivity contribution in [2.45, 2.75) is 43.7 Å². The Morgan fingerprint density at radius 3 is 2.59 bits per heavy atom. The van der Waals surface area contributed by atoms with E-state index in [4.69, 9.17) is 11.6 Å². The van der Waals surface area contributed by atoms with Crippen LogP contribution in [0.15, 0.2) is 18.2 Å². The van der Waals surface area contributed by atoms with Gasteiger partial charge in [-0.25, -0.2) is 0 Å². The molecule has 5 nitrogen and oxygen atoms in total. The van der Waals surface area contributed by atoms with Gasteiger partial charge >= 0.3 is 12.1 Å². The number of nitrogens with zero attached hydrogens (tertiary/aromatic N) is 2. The fourth-order valence-electron chi connectivity index (χ4n) is 4.02. The predicted molar refractivity (Wildman–Crippen MR) is 106 cm³/mol. The Labute approximate surface area is 182 Å². The molecule has 0 aliphatic heterocycles. The predicted octanol–water partition coefficient (Wildman–Crippen LogP) is 4.61. The van der Waals surface area contributed by atoms with Crippen LogP contribution in [0.3, 0.4) is 0 Å². The van der Waals surface area contributed by atoms with Crippen LogP contribution in [0.25, 0.3) is 0 Å². The third kappa shape index (κ3) is 3.26. The van der Waals surface area contributed by atoms with E-state index in [9.17, 15) is 27.9 Å². The van der Waals surface area contributed by atoms with Gasteiger partial charge in [-0.3, -0.25) is 9.59 Å². The lowest BCUT2D eigenvalue weighted by molar-refractivity contribution is -0.160. The van der Waals surface area contributed by atoms with Crippen molar-refractivity contribution in [2.24, 2.45) is 5.92 Å². The minimum atomic E-state index is -4.50. The van der Waals surface area contributed by atoms with E-state index in [1.807, 2.05) is 22.6 Å². The summed E-state index contributed by atoms with van der Waals surface area (Å²) in [6, 6.07) is 4.08. The number of hydrogen-bond donors (Lipinski definition) is 1. The maximum Gasteiger partial charge on any atom is 0.398 e. The zero-order chi connectivity index (χ0) is 21.1. The van der Waals surface area contributed by atoms with Gasteiger partial charge < -0.3 is 5.11 Å². The molecule has 0 spiro atoms. The first kappa shape index (κ1) is 20.6. The number of aliphatic carboxylic acids is 1. The number of rotatable bonds is 3. The van der Waals surface area contributed by atoms with Crippen molar-refractivity contribution in [1.82, 2.24) is 9.78 Å². The van der Waals surface area contributed by atoms with Gasteiger partial charge in [-0.15, -0.1) is 0 Å². The monoisotopic (exact) mass is 538 g/mol. The van der Waals surface area contributed by atoms with Gasteiger partial charge in [0.05, 0.1) is 27.6 Å². The molecule has 1 saturated carbocycles. The van der Waals surface area contributed by atoms with Crippen molar-refractivity contribution in [1.29, 1.82) is 0 Å². The molecule has 0 radical (unpaired) electrons. The van der Waals surface area contributed by atoms with Crippen molar-refractivity contribution in [3.8, 4) is 0 Å². The van der Waals surface area contributed by atoms with Gasteiger partial charge in [0.1, 0.15) is 3.70 Å². The van der Waals surface area contributed by atoms with Crippen LogP contribution in [0.2, 0.25) is 5.02 Å². The van der Waals surface area contributed by atoms with Crippen molar-refractivity contribution in [3.05, 3.63) is 49.3 Å². The van der Waals surface area contributed by atoms with E-state index in [1.165, 1.54) is 18.2 Å². The van der Waals surface area contributed by atoms with Crippen LogP contribution in [-0.2, 0) is 23.1 Å². The molecule has 29 heavy (non-hydrogen) atoms. The van der Waals surface area contributed by atoms with Crippen LogP contribution in [0.5, 0.6) is 0 Å². The van der Waals surface area contributed by atoms with E-state index in [-0.39, 0.29) is 35.4 Å². The number of carboxylic acid groups (broad SMARTS) is 1. The number of carbonyl (C=O) groups excluding carboxylic acids is 1. The molecule has 4 rings (SSSR count). The highest BCUT2D eigenvalue weighted by Crippen LogP contribution is 2.60. The van der Waals surface area contributed by atoms with Crippen molar-refractivity contribution in [3.63, 3.8) is 0 Å². The second kappa shape index (κ2) is 6.97. The maximum absolute atomic E-state index is 13.7. The largest absolute Gasteiger partial charge is 0.481 e. The van der Waals surface area contributed by atoms with Gasteiger partial charge in [0.25, 0.3) is 5.91 Å². The Hall–Kier alpha value is -1.62. The quantitative estimate of drug-likeness (QED) is 0.580. The van der Waals surface area contributed by atoms with Crippen molar-refractivity contribution < 1.29 is 27.9 Å². The highest BCUT2D eigenvalue weighted by atomic mass is 127. The van der Waals surface area contributed by atoms with Gasteiger partial charge in [-0.05, 0) is 59.9 Å². The molecule has 1 unspecified atom stereocenters. The molecule has 10 heteroatoms. The van der Waals surface area contributed by atoms with E-state index in [0.29, 0.717) is 22.2 Å². The number of hydrogen-bond acceptors (Lipinski definition) is 3. The lowest BCUT2D eigenvalue weighted by Crippen LogP contribution is -2.32. The smallest absolute Gasteiger partial charge is 0.398 e. The third-order valence-corrected chi connectivity index (χ3v) is 6.98. The number of benzene rings is 1. The van der Waals surface area contributed by atoms with Crippen LogP contribution < -0.4 is 0 Å². The molecule has 1 fully saturated rings. The SMILES string of the molecule is O=C(O)C1CCc2c(I)nn(C(=O)c3c(Cl)cccc3C3(C(F)(F)F)CC3)c2C1. The number of fused-ring (bicyclic) bond motifs is 1. The summed E-state index contributed by atoms with van der Waals surface area (Å²) in [6.07, 6.45) is -3.75. The molecule has 154 valence electrons. The second-order valence-electron chi connectivity index (χ2n) is 7.45. The standard InChI is InChI=1S/C19H15ClF3IN2O3/c20-12-3-1-2-11(18(6-7-18)19(21,22)23)14(12)16(27)26-13-8-9(17(28)29)4-5-10(13)15(24)25-26/h1-3,9H,4-8H2,(H,28,29). The first-order valence-corrected chi connectivity index (χ1v) is 10.4. The first-order chi connectivity index (χ1) is 13.6. The van der Waals surface area contributed by atoms with E-state index in [1.54, 1.807) is 0 Å². The molecule has 2 aliphatic carbocycles. The number of alkyl halides is 3. The fourth-order valence-corrected chi connectivity index (χ4v) is 5.07. The minimum absolute atomic E-state index is 0.0760. The highest BCUT2D eigenvalue weighted by molar-refractivity contribution is 14.1. The van der Waals surface area contributed by atoms with Crippen LogP contribution in [0.1, 0.15) is 46.4 Å². The molecule has 0 amide bonds. The molecule has 0 bridgehead atoms. The summed E-state index contributed by atoms with van der Waals surface area (Å²) in [6.45, 7) is 0. The zero-order valence-corrected chi connectivity index (χ0v) is 17.8. The third-order valence-electron chi connectivity index (χ3n) is 5.80. The molecule has 0 saturated heterocycles. The van der Waals surface area contributed by atoms with Gasteiger partial charge in [-0.1, -0.05) is 23.7 Å². The molecular formula is C19H15ClF3IN2O3. The summed E-state index contributed by atoms with van der Waals surface area (Å²) < 4.78 is 42.8. The van der Waals surface area contributed by atoms with Crippen LogP contribution in [-0.4, -0.2) is 32.9 Å². The summed E-state index contributed by atoms with van der Waals surface area (Å²) in [5, 5.41) is 13.5. The van der Waals surface area contributed by atoms with E-state index in [2.05, 4.69) is 5.10 Å². The highest BCUT2D eigenvalue weighted by Gasteiger charge is 2.65. The Kier molecular flexibility index (Phi) is 4.96. The summed E-state index contributed by atoms with van der Waals surface area (Å²) in [5.74, 6) is -2.40. The van der Waals surface area contributed by atoms with Gasteiger partial charge in [0, 0.05) is 12.0 Å². The normalized spacial score (nSPS) is 20.2. The summed E-state index contributed by atoms with van der Waals surface area (Å²) in [4.78, 5) is 24.8. The number of carbonyl (C=O) groups is 2. The van der Waals surface area contributed by atoms with E-state index in [0.717, 1.165) is 10.2 Å². The Bertz CT molecular complexity index is 1030. The zero-order valence-electron chi connectivity index (χ0n) is 14.9. The molecule has 2 aliphatic rings. The Morgan fingerprint density at radius 2 is 2.00 bits per heavy atom. The molecule has 2 aromatic rings. The second-order valence-corrected chi connectivity index (χ2v) is 8.88. The van der Waals surface area contributed by atoms with E-state index >= 15 is 0 Å². The summed E-state index contributed by atoms with van der Waals surface area (Å²) >= 11 is 8.16. The molecular weight excluding hydrogens is 524 g/mol. The van der Waals surface area contributed by atoms with E-state index < -0.39 is 29.4 Å². The Balaban J connectivity index is 1.83. The van der Waals surface area contributed by atoms with Crippen molar-refractivity contribution >= 4 is 46.1 Å². The Morgan fingerprint density at radius 1 is 1.31 bits per heavy atom. The lowest BCUT2D eigenvalue weighted by atomic mass is 9.87. The van der Waals surface area contributed by atoms with Crippen LogP contribution in [0, 0.1) is 9.62 Å². The molecule has 1 aromatic carbocycles. The van der Waals surface area contributed by atoms with Gasteiger partial charge in [0.2, 0.25) is 0 Å². The number of aromatic nitrogens is 2. The van der Waals surface area contributed by atoms with Crippen LogP contribution >= 0.6 is 34.2 Å². The molecule has 1 atom stereocenters. The average Bonchev–Trinajstić information content (AvgIpc) is 3.41. The minimum Gasteiger partial charge on any atom is -0.481 e. The number of halogens is 5. The maximum atomic E-state index is 13.7. The topological polar surface area (TPSA) is 72.2 Å². The van der Waals surface area contributed by atoms with Crippen molar-refractivity contribution in [2.75, 3.05) is 0 Å². The fraction of sp³-hybridized carbons (Fsp3) is 0.421. The van der Waals surface area contributed by atoms with Gasteiger partial charge in [-0.2, -0.15) is 23.0 Å². The van der Waals surface area contributed by atoms with Gasteiger partial charge in [0.15, 0.2) is 0 Å². The average molecular weight is 539 g/mol. The lowest BCUT2D eigenvalue weighted by Gasteiger charge is -2.24. The molecule has 1 N–H and O–H groups in total. The van der Waals surface area contributed by atoms with Crippen LogP contribution in [0.4, 0.5) is 13.2 Å². The summed E-state index contributed by atoms with van der Waals surface area (Å²) in [7, 11) is 0.